The van der Waals surface area contributed by atoms with Crippen LogP contribution >= 0.6 is 0 Å². The lowest BCUT2D eigenvalue weighted by atomic mass is 9.96. The standard InChI is InChI=1S/C21H15N3O/c25-21(15-7-8-18-14(10-15)4-3-9-23-18)11-19-16-5-1-2-6-17(16)20-12-22-13-24(19)20/h1-10,12-13,19H,11H2. The van der Waals surface area contributed by atoms with E-state index in [0.29, 0.717) is 6.42 Å². The van der Waals surface area contributed by atoms with Crippen LogP contribution < -0.4 is 0 Å². The lowest BCUT2D eigenvalue weighted by molar-refractivity contribution is 0.0970. The van der Waals surface area contributed by atoms with Crippen LogP contribution in [0.25, 0.3) is 22.2 Å². The Kier molecular flexibility index (Phi) is 3.04. The molecule has 4 aromatic rings. The number of carbonyl (C=O) groups excluding carboxylic acids is 1. The molecule has 0 aliphatic carbocycles. The molecule has 0 N–H and O–H groups in total. The molecule has 4 heteroatoms. The molecule has 1 unspecified atom stereocenters. The van der Waals surface area contributed by atoms with Crippen LogP contribution in [0.1, 0.15) is 28.4 Å². The molecule has 2 aromatic carbocycles. The molecule has 3 heterocycles. The summed E-state index contributed by atoms with van der Waals surface area (Å²) in [5, 5.41) is 0.989. The number of benzene rings is 2. The van der Waals surface area contributed by atoms with Crippen LogP contribution in [0.2, 0.25) is 0 Å². The summed E-state index contributed by atoms with van der Waals surface area (Å²) in [5.74, 6) is 0.132. The number of rotatable bonds is 3. The van der Waals surface area contributed by atoms with Crippen LogP contribution in [0, 0.1) is 0 Å². The summed E-state index contributed by atoms with van der Waals surface area (Å²) < 4.78 is 2.10. The number of hydrogen-bond donors (Lipinski definition) is 0. The minimum atomic E-state index is 0.00537. The first kappa shape index (κ1) is 14.1. The van der Waals surface area contributed by atoms with Crippen molar-refractivity contribution in [1.29, 1.82) is 0 Å². The fraction of sp³-hybridized carbons (Fsp3) is 0.0952. The second-order valence-corrected chi connectivity index (χ2v) is 6.33. The summed E-state index contributed by atoms with van der Waals surface area (Å²) in [6, 6.07) is 17.8. The maximum absolute atomic E-state index is 12.9. The summed E-state index contributed by atoms with van der Waals surface area (Å²) in [7, 11) is 0. The Morgan fingerprint density at radius 2 is 2.00 bits per heavy atom. The second kappa shape index (κ2) is 5.38. The molecule has 120 valence electrons. The molecule has 0 radical (unpaired) electrons. The molecule has 4 nitrogen and oxygen atoms in total. The van der Waals surface area contributed by atoms with Crippen LogP contribution in [-0.4, -0.2) is 20.3 Å². The van der Waals surface area contributed by atoms with Crippen molar-refractivity contribution in [1.82, 2.24) is 14.5 Å². The first-order valence-electron chi connectivity index (χ1n) is 8.30. The van der Waals surface area contributed by atoms with Crippen molar-refractivity contribution in [2.24, 2.45) is 0 Å². The molecule has 0 saturated heterocycles. The van der Waals surface area contributed by atoms with Gasteiger partial charge in [0.15, 0.2) is 5.78 Å². The van der Waals surface area contributed by atoms with Gasteiger partial charge in [0.1, 0.15) is 0 Å². The van der Waals surface area contributed by atoms with Gasteiger partial charge in [-0.3, -0.25) is 9.78 Å². The third-order valence-corrected chi connectivity index (χ3v) is 4.90. The third-order valence-electron chi connectivity index (χ3n) is 4.90. The average Bonchev–Trinajstić information content (AvgIpc) is 3.24. The van der Waals surface area contributed by atoms with Gasteiger partial charge < -0.3 is 4.57 Å². The molecule has 0 bridgehead atoms. The number of imidazole rings is 1. The zero-order chi connectivity index (χ0) is 16.8. The molecule has 5 rings (SSSR count). The largest absolute Gasteiger partial charge is 0.322 e. The Balaban J connectivity index is 1.51. The highest BCUT2D eigenvalue weighted by Gasteiger charge is 2.29. The summed E-state index contributed by atoms with van der Waals surface area (Å²) in [6.07, 6.45) is 5.87. The maximum atomic E-state index is 12.9. The summed E-state index contributed by atoms with van der Waals surface area (Å²) in [5.41, 5.74) is 5.07. The normalized spacial score (nSPS) is 15.1. The monoisotopic (exact) mass is 325 g/mol. The van der Waals surface area contributed by atoms with E-state index in [1.165, 1.54) is 11.1 Å². The van der Waals surface area contributed by atoms with Gasteiger partial charge in [-0.2, -0.15) is 0 Å². The Hall–Kier alpha value is -3.27. The molecule has 25 heavy (non-hydrogen) atoms. The first-order valence-corrected chi connectivity index (χ1v) is 8.30. The van der Waals surface area contributed by atoms with Crippen molar-refractivity contribution in [2.45, 2.75) is 12.5 Å². The van der Waals surface area contributed by atoms with E-state index in [1.54, 1.807) is 6.20 Å². The van der Waals surface area contributed by atoms with Gasteiger partial charge in [-0.05, 0) is 29.8 Å². The van der Waals surface area contributed by atoms with Gasteiger partial charge in [-0.25, -0.2) is 4.98 Å². The highest BCUT2D eigenvalue weighted by molar-refractivity contribution is 6.00. The number of ketones is 1. The predicted molar refractivity (Wildman–Crippen MR) is 96.5 cm³/mol. The van der Waals surface area contributed by atoms with E-state index >= 15 is 0 Å². The van der Waals surface area contributed by atoms with Gasteiger partial charge in [-0.1, -0.05) is 30.3 Å². The van der Waals surface area contributed by atoms with Crippen LogP contribution in [0.4, 0.5) is 0 Å². The Morgan fingerprint density at radius 3 is 2.96 bits per heavy atom. The van der Waals surface area contributed by atoms with Gasteiger partial charge in [0.2, 0.25) is 0 Å². The van der Waals surface area contributed by atoms with Gasteiger partial charge in [0, 0.05) is 29.1 Å². The SMILES string of the molecule is O=C(CC1c2ccccc2-c2cncn21)c1ccc2ncccc2c1. The number of hydrogen-bond acceptors (Lipinski definition) is 3. The van der Waals surface area contributed by atoms with Gasteiger partial charge in [-0.15, -0.1) is 0 Å². The molecule has 0 fully saturated rings. The number of pyridine rings is 1. The van der Waals surface area contributed by atoms with Crippen molar-refractivity contribution < 1.29 is 4.79 Å². The molecule has 0 saturated carbocycles. The summed E-state index contributed by atoms with van der Waals surface area (Å²) in [6.45, 7) is 0. The van der Waals surface area contributed by atoms with Gasteiger partial charge in [0.25, 0.3) is 0 Å². The van der Waals surface area contributed by atoms with E-state index in [-0.39, 0.29) is 11.8 Å². The molecular formula is C21H15N3O. The first-order chi connectivity index (χ1) is 12.3. The quantitative estimate of drug-likeness (QED) is 0.528. The number of aromatic nitrogens is 3. The third kappa shape index (κ3) is 2.18. The second-order valence-electron chi connectivity index (χ2n) is 6.33. The highest BCUT2D eigenvalue weighted by atomic mass is 16.1. The molecule has 0 spiro atoms. The molecular weight excluding hydrogens is 310 g/mol. The van der Waals surface area contributed by atoms with Crippen LogP contribution in [-0.2, 0) is 0 Å². The van der Waals surface area contributed by atoms with E-state index < -0.39 is 0 Å². The molecule has 2 aromatic heterocycles. The maximum Gasteiger partial charge on any atom is 0.165 e. The van der Waals surface area contributed by atoms with Crippen LogP contribution in [0.3, 0.4) is 0 Å². The zero-order valence-corrected chi connectivity index (χ0v) is 13.5. The van der Waals surface area contributed by atoms with Crippen molar-refractivity contribution in [3.8, 4) is 11.3 Å². The summed E-state index contributed by atoms with van der Waals surface area (Å²) in [4.78, 5) is 21.5. The Morgan fingerprint density at radius 1 is 1.08 bits per heavy atom. The predicted octanol–water partition coefficient (Wildman–Crippen LogP) is 4.27. The minimum absolute atomic E-state index is 0.00537. The summed E-state index contributed by atoms with van der Waals surface area (Å²) >= 11 is 0. The van der Waals surface area contributed by atoms with Crippen LogP contribution in [0.5, 0.6) is 0 Å². The van der Waals surface area contributed by atoms with Crippen molar-refractivity contribution in [3.05, 3.63) is 84.4 Å². The average molecular weight is 325 g/mol. The minimum Gasteiger partial charge on any atom is -0.322 e. The van der Waals surface area contributed by atoms with Crippen molar-refractivity contribution >= 4 is 16.7 Å². The van der Waals surface area contributed by atoms with Gasteiger partial charge >= 0.3 is 0 Å². The lowest BCUT2D eigenvalue weighted by Gasteiger charge is -2.14. The van der Waals surface area contributed by atoms with Crippen molar-refractivity contribution in [3.63, 3.8) is 0 Å². The van der Waals surface area contributed by atoms with Crippen LogP contribution in [0.15, 0.2) is 73.3 Å². The fourth-order valence-corrected chi connectivity index (χ4v) is 3.68. The van der Waals surface area contributed by atoms with Crippen molar-refractivity contribution in [2.75, 3.05) is 0 Å². The number of Topliss-reactive ketones (excluding diaryl/α,β-unsaturated/α-hetero) is 1. The lowest BCUT2D eigenvalue weighted by Crippen LogP contribution is -2.11. The number of fused-ring (bicyclic) bond motifs is 4. The Labute approximate surface area is 144 Å². The molecule has 1 aliphatic rings. The molecule has 1 aliphatic heterocycles. The topological polar surface area (TPSA) is 47.8 Å². The Bertz CT molecular complexity index is 1110. The highest BCUT2D eigenvalue weighted by Crippen LogP contribution is 2.41. The zero-order valence-electron chi connectivity index (χ0n) is 13.5. The van der Waals surface area contributed by atoms with E-state index in [9.17, 15) is 4.79 Å². The number of nitrogens with zero attached hydrogens (tertiary/aromatic N) is 3. The van der Waals surface area contributed by atoms with E-state index in [1.807, 2.05) is 55.0 Å². The molecule has 1 atom stereocenters. The van der Waals surface area contributed by atoms with E-state index in [4.69, 9.17) is 0 Å². The van der Waals surface area contributed by atoms with E-state index in [0.717, 1.165) is 22.2 Å². The molecule has 0 amide bonds. The fourth-order valence-electron chi connectivity index (χ4n) is 3.68. The smallest absolute Gasteiger partial charge is 0.165 e. The van der Waals surface area contributed by atoms with Gasteiger partial charge in [0.05, 0.1) is 29.8 Å². The number of carbonyl (C=O) groups is 1. The van der Waals surface area contributed by atoms with E-state index in [2.05, 4.69) is 26.7 Å².